The Kier molecular flexibility index (Phi) is 3.67. The Bertz CT molecular complexity index is 1560. The molecule has 2 aromatic carbocycles. The van der Waals surface area contributed by atoms with Gasteiger partial charge in [-0.3, -0.25) is 4.98 Å². The second kappa shape index (κ2) is 6.69. The third kappa shape index (κ3) is 2.39. The average Bonchev–Trinajstić information content (AvgIpc) is 3.37. The van der Waals surface area contributed by atoms with E-state index in [1.54, 1.807) is 0 Å². The maximum Gasteiger partial charge on any atom is 0.231 e. The fraction of sp³-hybridized carbons (Fsp3) is 0.0690. The Labute approximate surface area is 185 Å². The van der Waals surface area contributed by atoms with Gasteiger partial charge in [0.2, 0.25) is 34.2 Å². The first kappa shape index (κ1) is 17.6. The highest BCUT2D eigenvalue weighted by atomic mass is 15.1. The zero-order valence-corrected chi connectivity index (χ0v) is 17.5. The van der Waals surface area contributed by atoms with Crippen LogP contribution in [0, 0.1) is 0 Å². The van der Waals surface area contributed by atoms with Gasteiger partial charge in [0.1, 0.15) is 0 Å². The van der Waals surface area contributed by atoms with E-state index in [0.29, 0.717) is 0 Å². The van der Waals surface area contributed by atoms with Crippen molar-refractivity contribution in [2.75, 3.05) is 0 Å². The molecule has 2 atom stereocenters. The summed E-state index contributed by atoms with van der Waals surface area (Å²) >= 11 is 0. The van der Waals surface area contributed by atoms with Crippen LogP contribution in [0.15, 0.2) is 116 Å². The molecule has 0 N–H and O–H groups in total. The van der Waals surface area contributed by atoms with Crippen LogP contribution in [0.1, 0.15) is 0 Å². The minimum absolute atomic E-state index is 0.194. The molecule has 1 aromatic heterocycles. The normalized spacial score (nSPS) is 21.6. The van der Waals surface area contributed by atoms with E-state index < -0.39 is 0 Å². The molecule has 0 spiro atoms. The topological polar surface area (TPSA) is 18.9 Å². The lowest BCUT2D eigenvalue weighted by Crippen LogP contribution is -2.35. The van der Waals surface area contributed by atoms with E-state index >= 15 is 0 Å². The zero-order valence-electron chi connectivity index (χ0n) is 17.5. The highest BCUT2D eigenvalue weighted by Crippen LogP contribution is 2.27. The molecule has 0 fully saturated rings. The molecule has 2 aliphatic heterocycles. The number of allylic oxidation sites excluding steroid dienone is 4. The molecule has 3 heterocycles. The number of hydrogen-bond donors (Lipinski definition) is 0. The lowest BCUT2D eigenvalue weighted by molar-refractivity contribution is 0.721. The van der Waals surface area contributed by atoms with Gasteiger partial charge in [-0.15, -0.1) is 0 Å². The number of rotatable bonds is 2. The van der Waals surface area contributed by atoms with Crippen molar-refractivity contribution in [3.63, 3.8) is 0 Å². The van der Waals surface area contributed by atoms with E-state index in [1.165, 1.54) is 32.3 Å². The summed E-state index contributed by atoms with van der Waals surface area (Å²) in [7, 11) is 0. The summed E-state index contributed by atoms with van der Waals surface area (Å²) in [6.07, 6.45) is 21.5. The highest BCUT2D eigenvalue weighted by molar-refractivity contribution is 5.72. The van der Waals surface area contributed by atoms with Gasteiger partial charge in [-0.1, -0.05) is 60.7 Å². The summed E-state index contributed by atoms with van der Waals surface area (Å²) in [6, 6.07) is 20.0. The van der Waals surface area contributed by atoms with Gasteiger partial charge in [-0.2, -0.15) is 9.15 Å². The molecule has 0 radical (unpaired) electrons. The molecule has 7 rings (SSSR count). The lowest BCUT2D eigenvalue weighted by atomic mass is 10.0. The maximum absolute atomic E-state index is 4.71. The van der Waals surface area contributed by atoms with Crippen molar-refractivity contribution in [1.29, 1.82) is 0 Å². The first-order valence-electron chi connectivity index (χ1n) is 11.1. The Morgan fingerprint density at radius 1 is 0.594 bits per heavy atom. The van der Waals surface area contributed by atoms with Gasteiger partial charge in [0.15, 0.2) is 0 Å². The van der Waals surface area contributed by atoms with Crippen molar-refractivity contribution >= 4 is 22.5 Å². The number of fused-ring (bicyclic) bond motifs is 4. The summed E-state index contributed by atoms with van der Waals surface area (Å²) < 4.78 is 4.81. The van der Waals surface area contributed by atoms with Crippen LogP contribution >= 0.6 is 0 Å². The first-order chi connectivity index (χ1) is 15.9. The number of pyridine rings is 1. The van der Waals surface area contributed by atoms with E-state index in [1.807, 2.05) is 12.4 Å². The van der Waals surface area contributed by atoms with Crippen LogP contribution in [0.5, 0.6) is 0 Å². The molecule has 3 nitrogen and oxygen atoms in total. The summed E-state index contributed by atoms with van der Waals surface area (Å²) in [5, 5.41) is 5.06. The van der Waals surface area contributed by atoms with Gasteiger partial charge in [0.25, 0.3) is 0 Å². The second-order valence-corrected chi connectivity index (χ2v) is 8.46. The van der Waals surface area contributed by atoms with Crippen LogP contribution in [-0.2, 0) is 0 Å². The van der Waals surface area contributed by atoms with Gasteiger partial charge in [0, 0.05) is 23.3 Å². The smallest absolute Gasteiger partial charge is 0.231 e. The van der Waals surface area contributed by atoms with E-state index in [9.17, 15) is 0 Å². The fourth-order valence-electron chi connectivity index (χ4n) is 5.44. The van der Waals surface area contributed by atoms with Gasteiger partial charge < -0.3 is 0 Å². The van der Waals surface area contributed by atoms with E-state index in [-0.39, 0.29) is 12.1 Å². The van der Waals surface area contributed by atoms with Gasteiger partial charge in [-0.05, 0) is 24.3 Å². The number of hydrogen-bond acceptors (Lipinski definition) is 1. The second-order valence-electron chi connectivity index (χ2n) is 8.46. The first-order valence-corrected chi connectivity index (χ1v) is 11.1. The summed E-state index contributed by atoms with van der Waals surface area (Å²) in [5.41, 5.74) is 4.90. The molecule has 2 aliphatic carbocycles. The molecule has 32 heavy (non-hydrogen) atoms. The number of para-hydroxylation sites is 2. The maximum atomic E-state index is 4.71. The lowest BCUT2D eigenvalue weighted by Gasteiger charge is -2.13. The van der Waals surface area contributed by atoms with Crippen LogP contribution in [-0.4, -0.2) is 17.1 Å². The Hall–Kier alpha value is -4.11. The number of nitrogens with zero attached hydrogens (tertiary/aromatic N) is 3. The Morgan fingerprint density at radius 2 is 1.09 bits per heavy atom. The van der Waals surface area contributed by atoms with Crippen molar-refractivity contribution in [3.05, 3.63) is 137 Å². The zero-order chi connectivity index (χ0) is 21.1. The van der Waals surface area contributed by atoms with Crippen molar-refractivity contribution in [1.82, 2.24) is 14.1 Å². The van der Waals surface area contributed by atoms with Crippen LogP contribution in [0.25, 0.3) is 11.1 Å². The van der Waals surface area contributed by atoms with E-state index in [2.05, 4.69) is 112 Å². The third-order valence-corrected chi connectivity index (χ3v) is 6.77. The van der Waals surface area contributed by atoms with Crippen LogP contribution in [0.2, 0.25) is 0 Å². The van der Waals surface area contributed by atoms with Crippen molar-refractivity contribution in [2.24, 2.45) is 0 Å². The monoisotopic (exact) mass is 411 g/mol. The van der Waals surface area contributed by atoms with Gasteiger partial charge in [0.05, 0.1) is 28.9 Å². The van der Waals surface area contributed by atoms with E-state index in [4.69, 9.17) is 4.98 Å². The molecule has 0 amide bonds. The van der Waals surface area contributed by atoms with Crippen LogP contribution in [0.4, 0.5) is 11.4 Å². The Morgan fingerprint density at radius 3 is 1.62 bits per heavy atom. The molecule has 150 valence electrons. The molecular weight excluding hydrogens is 390 g/mol. The van der Waals surface area contributed by atoms with Crippen molar-refractivity contribution in [3.8, 4) is 0 Å². The molecule has 0 saturated carbocycles. The summed E-state index contributed by atoms with van der Waals surface area (Å²) in [6.45, 7) is 0. The minimum Gasteiger partial charge on any atom is -0.251 e. The van der Waals surface area contributed by atoms with Crippen molar-refractivity contribution in [2.45, 2.75) is 12.1 Å². The highest BCUT2D eigenvalue weighted by Gasteiger charge is 2.36. The van der Waals surface area contributed by atoms with Gasteiger partial charge in [-0.25, -0.2) is 0 Å². The standard InChI is InChI=1S/C29H21N3/c1-5-13-26-22(9-1)23-10-2-6-14-27(23)31(26)20-17-21(19-30-18-20)32-28-15-7-3-11-24(28)25-12-4-8-16-29(25)32/h1-19,26,28H/q+2. The number of benzene rings is 2. The van der Waals surface area contributed by atoms with Crippen LogP contribution in [0.3, 0.4) is 0 Å². The third-order valence-electron chi connectivity index (χ3n) is 6.77. The molecular formula is C29H21N3+2. The minimum atomic E-state index is 0.194. The molecule has 0 bridgehead atoms. The van der Waals surface area contributed by atoms with E-state index in [0.717, 1.165) is 11.4 Å². The fourth-order valence-corrected chi connectivity index (χ4v) is 5.44. The average molecular weight is 412 g/mol. The largest absolute Gasteiger partial charge is 0.251 e. The molecule has 2 unspecified atom stereocenters. The van der Waals surface area contributed by atoms with Crippen LogP contribution < -0.4 is 30.3 Å². The van der Waals surface area contributed by atoms with Gasteiger partial charge >= 0.3 is 0 Å². The van der Waals surface area contributed by atoms with Crippen molar-refractivity contribution < 1.29 is 0 Å². The molecule has 0 saturated heterocycles. The predicted molar refractivity (Wildman–Crippen MR) is 128 cm³/mol. The molecule has 4 aliphatic rings. The number of aromatic nitrogens is 1. The summed E-state index contributed by atoms with van der Waals surface area (Å²) in [4.78, 5) is 4.71. The summed E-state index contributed by atoms with van der Waals surface area (Å²) in [5.74, 6) is 0. The predicted octanol–water partition coefficient (Wildman–Crippen LogP) is 2.04. The quantitative estimate of drug-likeness (QED) is 0.591. The Balaban J connectivity index is 1.48. The molecule has 3 heteroatoms. The SMILES string of the molecule is C1=CC2=c3ccccc3=[N+](c3cncc([N+]4=c5ccccc5=C5C=CC=CC54)c3)C2C=C1. The molecule has 3 aromatic rings.